The van der Waals surface area contributed by atoms with Gasteiger partial charge in [0.15, 0.2) is 0 Å². The van der Waals surface area contributed by atoms with Gasteiger partial charge in [-0.25, -0.2) is 0 Å². The quantitative estimate of drug-likeness (QED) is 0.828. The molecule has 0 saturated heterocycles. The van der Waals surface area contributed by atoms with Crippen LogP contribution in [0.25, 0.3) is 0 Å². The minimum Gasteiger partial charge on any atom is -0.314 e. The molecule has 2 nitrogen and oxygen atoms in total. The highest BCUT2D eigenvalue weighted by Gasteiger charge is 2.21. The molecule has 100 valence electrons. The summed E-state index contributed by atoms with van der Waals surface area (Å²) in [5, 5.41) is 3.58. The molecule has 0 fully saturated rings. The van der Waals surface area contributed by atoms with E-state index < -0.39 is 0 Å². The second-order valence-electron chi connectivity index (χ2n) is 5.57. The first-order valence-corrected chi connectivity index (χ1v) is 7.48. The standard InChI is InChI=1S/C16H26N2/c1-3-11-17-13(2)9-10-15-7-4-6-14-8-5-12-18-16(14)15/h5,8,12-13,15,17H,3-4,6-7,9-11H2,1-2H3. The highest BCUT2D eigenvalue weighted by Crippen LogP contribution is 2.33. The molecule has 1 heterocycles. The zero-order valence-electron chi connectivity index (χ0n) is 11.8. The van der Waals surface area contributed by atoms with Gasteiger partial charge in [0.05, 0.1) is 0 Å². The largest absolute Gasteiger partial charge is 0.314 e. The van der Waals surface area contributed by atoms with Gasteiger partial charge in [-0.15, -0.1) is 0 Å². The summed E-state index contributed by atoms with van der Waals surface area (Å²) in [6.07, 6.45) is 9.60. The van der Waals surface area contributed by atoms with Crippen LogP contribution in [0.1, 0.15) is 63.1 Å². The van der Waals surface area contributed by atoms with Crippen molar-refractivity contribution in [1.82, 2.24) is 10.3 Å². The van der Waals surface area contributed by atoms with Crippen molar-refractivity contribution in [3.05, 3.63) is 29.6 Å². The van der Waals surface area contributed by atoms with Crippen molar-refractivity contribution in [1.29, 1.82) is 0 Å². The fourth-order valence-electron chi connectivity index (χ4n) is 2.93. The zero-order chi connectivity index (χ0) is 12.8. The van der Waals surface area contributed by atoms with E-state index in [-0.39, 0.29) is 0 Å². The van der Waals surface area contributed by atoms with E-state index in [0.29, 0.717) is 12.0 Å². The smallest absolute Gasteiger partial charge is 0.0466 e. The van der Waals surface area contributed by atoms with Crippen LogP contribution in [0, 0.1) is 0 Å². The molecule has 1 aromatic rings. The molecule has 0 radical (unpaired) electrons. The van der Waals surface area contributed by atoms with Crippen LogP contribution in [0.15, 0.2) is 18.3 Å². The third-order valence-electron chi connectivity index (χ3n) is 4.00. The van der Waals surface area contributed by atoms with Crippen molar-refractivity contribution in [3.8, 4) is 0 Å². The summed E-state index contributed by atoms with van der Waals surface area (Å²) in [6.45, 7) is 5.67. The summed E-state index contributed by atoms with van der Waals surface area (Å²) in [5.41, 5.74) is 2.87. The summed E-state index contributed by atoms with van der Waals surface area (Å²) in [4.78, 5) is 4.62. The Balaban J connectivity index is 1.87. The maximum Gasteiger partial charge on any atom is 0.0466 e. The Bertz CT molecular complexity index is 362. The van der Waals surface area contributed by atoms with Crippen molar-refractivity contribution in [3.63, 3.8) is 0 Å². The lowest BCUT2D eigenvalue weighted by molar-refractivity contribution is 0.434. The highest BCUT2D eigenvalue weighted by molar-refractivity contribution is 5.25. The second kappa shape index (κ2) is 6.89. The van der Waals surface area contributed by atoms with Crippen molar-refractivity contribution in [2.24, 2.45) is 0 Å². The number of rotatable bonds is 6. The Morgan fingerprint density at radius 1 is 1.50 bits per heavy atom. The van der Waals surface area contributed by atoms with Crippen molar-refractivity contribution >= 4 is 0 Å². The molecule has 0 spiro atoms. The van der Waals surface area contributed by atoms with Gasteiger partial charge in [-0.3, -0.25) is 4.98 Å². The molecular formula is C16H26N2. The molecule has 1 N–H and O–H groups in total. The normalized spacial score (nSPS) is 20.4. The summed E-state index contributed by atoms with van der Waals surface area (Å²) in [6, 6.07) is 4.97. The molecule has 18 heavy (non-hydrogen) atoms. The maximum atomic E-state index is 4.62. The monoisotopic (exact) mass is 246 g/mol. The molecule has 1 aliphatic rings. The first-order chi connectivity index (χ1) is 8.81. The average Bonchev–Trinajstić information content (AvgIpc) is 2.42. The van der Waals surface area contributed by atoms with Crippen LogP contribution < -0.4 is 5.32 Å². The second-order valence-corrected chi connectivity index (χ2v) is 5.57. The van der Waals surface area contributed by atoms with E-state index in [9.17, 15) is 0 Å². The molecule has 0 amide bonds. The Morgan fingerprint density at radius 3 is 3.22 bits per heavy atom. The molecule has 0 aromatic carbocycles. The van der Waals surface area contributed by atoms with Crippen LogP contribution in [0.5, 0.6) is 0 Å². The Hall–Kier alpha value is -0.890. The molecule has 2 heteroatoms. The van der Waals surface area contributed by atoms with Gasteiger partial charge >= 0.3 is 0 Å². The van der Waals surface area contributed by atoms with Crippen LogP contribution >= 0.6 is 0 Å². The number of aromatic nitrogens is 1. The van der Waals surface area contributed by atoms with Gasteiger partial charge in [-0.1, -0.05) is 13.0 Å². The van der Waals surface area contributed by atoms with Crippen molar-refractivity contribution in [2.75, 3.05) is 6.54 Å². The van der Waals surface area contributed by atoms with Crippen LogP contribution in [0.2, 0.25) is 0 Å². The molecule has 1 aliphatic carbocycles. The van der Waals surface area contributed by atoms with Gasteiger partial charge < -0.3 is 5.32 Å². The summed E-state index contributed by atoms with van der Waals surface area (Å²) in [7, 11) is 0. The third-order valence-corrected chi connectivity index (χ3v) is 4.00. The molecule has 0 bridgehead atoms. The van der Waals surface area contributed by atoms with E-state index in [1.807, 2.05) is 6.20 Å². The minimum atomic E-state index is 0.638. The molecule has 0 aliphatic heterocycles. The van der Waals surface area contributed by atoms with Gasteiger partial charge in [-0.05, 0) is 63.6 Å². The molecular weight excluding hydrogens is 220 g/mol. The molecule has 1 aromatic heterocycles. The first-order valence-electron chi connectivity index (χ1n) is 7.48. The van der Waals surface area contributed by atoms with Crippen LogP contribution in [-0.4, -0.2) is 17.6 Å². The van der Waals surface area contributed by atoms with Gasteiger partial charge in [-0.2, -0.15) is 0 Å². The number of pyridine rings is 1. The van der Waals surface area contributed by atoms with Gasteiger partial charge in [0.2, 0.25) is 0 Å². The van der Waals surface area contributed by atoms with Gasteiger partial charge in [0.25, 0.3) is 0 Å². The maximum absolute atomic E-state index is 4.62. The summed E-state index contributed by atoms with van der Waals surface area (Å²) < 4.78 is 0. The first kappa shape index (κ1) is 13.5. The summed E-state index contributed by atoms with van der Waals surface area (Å²) in [5.74, 6) is 0.695. The van der Waals surface area contributed by atoms with Crippen LogP contribution in [0.3, 0.4) is 0 Å². The molecule has 0 saturated carbocycles. The molecule has 2 rings (SSSR count). The highest BCUT2D eigenvalue weighted by atomic mass is 14.9. The average molecular weight is 246 g/mol. The number of fused-ring (bicyclic) bond motifs is 1. The topological polar surface area (TPSA) is 24.9 Å². The number of hydrogen-bond acceptors (Lipinski definition) is 2. The Kier molecular flexibility index (Phi) is 5.18. The lowest BCUT2D eigenvalue weighted by Crippen LogP contribution is -2.27. The summed E-state index contributed by atoms with van der Waals surface area (Å²) >= 11 is 0. The lowest BCUT2D eigenvalue weighted by atomic mass is 9.83. The van der Waals surface area contributed by atoms with Crippen LogP contribution in [-0.2, 0) is 6.42 Å². The third kappa shape index (κ3) is 3.55. The number of hydrogen-bond donors (Lipinski definition) is 1. The molecule has 2 atom stereocenters. The number of nitrogens with one attached hydrogen (secondary N) is 1. The van der Waals surface area contributed by atoms with Crippen molar-refractivity contribution in [2.45, 2.75) is 64.3 Å². The lowest BCUT2D eigenvalue weighted by Gasteiger charge is -2.25. The van der Waals surface area contributed by atoms with Gasteiger partial charge in [0.1, 0.15) is 0 Å². The van der Waals surface area contributed by atoms with E-state index in [1.54, 1.807) is 0 Å². The fourth-order valence-corrected chi connectivity index (χ4v) is 2.93. The van der Waals surface area contributed by atoms with E-state index in [1.165, 1.54) is 49.8 Å². The van der Waals surface area contributed by atoms with E-state index >= 15 is 0 Å². The molecule has 2 unspecified atom stereocenters. The van der Waals surface area contributed by atoms with E-state index in [2.05, 4.69) is 36.3 Å². The number of aryl methyl sites for hydroxylation is 1. The SMILES string of the molecule is CCCNC(C)CCC1CCCc2cccnc21. The fraction of sp³-hybridized carbons (Fsp3) is 0.688. The Labute approximate surface area is 111 Å². The predicted octanol–water partition coefficient (Wildman–Crippen LogP) is 3.67. The zero-order valence-corrected chi connectivity index (χ0v) is 11.8. The minimum absolute atomic E-state index is 0.638. The van der Waals surface area contributed by atoms with E-state index in [4.69, 9.17) is 0 Å². The predicted molar refractivity (Wildman–Crippen MR) is 76.9 cm³/mol. The number of nitrogens with zero attached hydrogens (tertiary/aromatic N) is 1. The van der Waals surface area contributed by atoms with Gasteiger partial charge in [0, 0.05) is 23.9 Å². The van der Waals surface area contributed by atoms with E-state index in [0.717, 1.165) is 6.54 Å². The van der Waals surface area contributed by atoms with Crippen molar-refractivity contribution < 1.29 is 0 Å². The van der Waals surface area contributed by atoms with Crippen LogP contribution in [0.4, 0.5) is 0 Å². The Morgan fingerprint density at radius 2 is 2.39 bits per heavy atom.